The minimum Gasteiger partial charge on any atom is -0.373 e. The van der Waals surface area contributed by atoms with Gasteiger partial charge in [0.15, 0.2) is 5.82 Å². The smallest absolute Gasteiger partial charge is 0.164 e. The molecule has 0 unspecified atom stereocenters. The third-order valence-electron chi connectivity index (χ3n) is 2.17. The topological polar surface area (TPSA) is 55.6 Å². The third-order valence-corrected chi connectivity index (χ3v) is 2.17. The standard InChI is InChI=1S/C10H13N5/c1-7-8(6-15(3)14-7)10-12-5-4-9(11-2)13-10/h4-6H,1-3H3,(H,11,12,13). The normalized spacial score (nSPS) is 10.3. The van der Waals surface area contributed by atoms with Crippen LogP contribution in [0, 0.1) is 6.92 Å². The predicted octanol–water partition coefficient (Wildman–Crippen LogP) is 1.23. The lowest BCUT2D eigenvalue weighted by atomic mass is 10.2. The molecule has 0 bridgehead atoms. The lowest BCUT2D eigenvalue weighted by molar-refractivity contribution is 0.756. The van der Waals surface area contributed by atoms with E-state index in [1.54, 1.807) is 10.9 Å². The number of nitrogens with one attached hydrogen (secondary N) is 1. The van der Waals surface area contributed by atoms with Crippen LogP contribution in [-0.2, 0) is 7.05 Å². The summed E-state index contributed by atoms with van der Waals surface area (Å²) in [6, 6.07) is 1.83. The Morgan fingerprint density at radius 1 is 1.40 bits per heavy atom. The summed E-state index contributed by atoms with van der Waals surface area (Å²) in [6.45, 7) is 1.95. The minimum atomic E-state index is 0.701. The zero-order valence-corrected chi connectivity index (χ0v) is 9.02. The molecule has 15 heavy (non-hydrogen) atoms. The molecule has 2 aromatic heterocycles. The summed E-state index contributed by atoms with van der Waals surface area (Å²) >= 11 is 0. The van der Waals surface area contributed by atoms with Gasteiger partial charge in [0.1, 0.15) is 5.82 Å². The molecular weight excluding hydrogens is 190 g/mol. The first kappa shape index (κ1) is 9.64. The van der Waals surface area contributed by atoms with Gasteiger partial charge in [0, 0.05) is 26.5 Å². The molecule has 1 N–H and O–H groups in total. The second-order valence-corrected chi connectivity index (χ2v) is 3.32. The molecule has 2 aromatic rings. The summed E-state index contributed by atoms with van der Waals surface area (Å²) in [5, 5.41) is 7.24. The lowest BCUT2D eigenvalue weighted by Gasteiger charge is -2.00. The Balaban J connectivity index is 2.49. The Labute approximate surface area is 88.2 Å². The molecule has 0 atom stereocenters. The van der Waals surface area contributed by atoms with Crippen molar-refractivity contribution in [3.05, 3.63) is 24.2 Å². The molecule has 0 spiro atoms. The molecule has 0 fully saturated rings. The number of aryl methyl sites for hydroxylation is 2. The highest BCUT2D eigenvalue weighted by atomic mass is 15.3. The van der Waals surface area contributed by atoms with Crippen molar-refractivity contribution in [2.75, 3.05) is 12.4 Å². The molecule has 0 saturated heterocycles. The molecule has 0 radical (unpaired) electrons. The molecule has 0 aromatic carbocycles. The van der Waals surface area contributed by atoms with E-state index in [4.69, 9.17) is 0 Å². The van der Waals surface area contributed by atoms with E-state index in [1.165, 1.54) is 0 Å². The van der Waals surface area contributed by atoms with E-state index < -0.39 is 0 Å². The first-order chi connectivity index (χ1) is 7.20. The summed E-state index contributed by atoms with van der Waals surface area (Å²) in [5.41, 5.74) is 1.90. The van der Waals surface area contributed by atoms with Crippen LogP contribution in [0.5, 0.6) is 0 Å². The highest BCUT2D eigenvalue weighted by Crippen LogP contribution is 2.18. The van der Waals surface area contributed by atoms with E-state index in [1.807, 2.05) is 33.3 Å². The van der Waals surface area contributed by atoms with E-state index in [2.05, 4.69) is 20.4 Å². The van der Waals surface area contributed by atoms with Crippen LogP contribution in [0.2, 0.25) is 0 Å². The van der Waals surface area contributed by atoms with Crippen molar-refractivity contribution in [1.82, 2.24) is 19.7 Å². The van der Waals surface area contributed by atoms with Crippen molar-refractivity contribution in [1.29, 1.82) is 0 Å². The highest BCUT2D eigenvalue weighted by Gasteiger charge is 2.08. The van der Waals surface area contributed by atoms with Gasteiger partial charge in [-0.25, -0.2) is 9.97 Å². The summed E-state index contributed by atoms with van der Waals surface area (Å²) in [7, 11) is 3.72. The van der Waals surface area contributed by atoms with Gasteiger partial charge in [0.25, 0.3) is 0 Å². The van der Waals surface area contributed by atoms with Crippen molar-refractivity contribution >= 4 is 5.82 Å². The Hall–Kier alpha value is -1.91. The van der Waals surface area contributed by atoms with Crippen molar-refractivity contribution in [2.45, 2.75) is 6.92 Å². The van der Waals surface area contributed by atoms with Crippen LogP contribution in [0.15, 0.2) is 18.5 Å². The zero-order valence-electron chi connectivity index (χ0n) is 9.02. The Kier molecular flexibility index (Phi) is 2.37. The minimum absolute atomic E-state index is 0.701. The SMILES string of the molecule is CNc1ccnc(-c2cn(C)nc2C)n1. The average molecular weight is 203 g/mol. The van der Waals surface area contributed by atoms with Crippen LogP contribution in [0.25, 0.3) is 11.4 Å². The Morgan fingerprint density at radius 3 is 2.80 bits per heavy atom. The van der Waals surface area contributed by atoms with E-state index in [9.17, 15) is 0 Å². The van der Waals surface area contributed by atoms with Gasteiger partial charge in [-0.05, 0) is 13.0 Å². The second-order valence-electron chi connectivity index (χ2n) is 3.32. The number of rotatable bonds is 2. The van der Waals surface area contributed by atoms with Gasteiger partial charge in [0.05, 0.1) is 11.3 Å². The van der Waals surface area contributed by atoms with Crippen LogP contribution in [0.1, 0.15) is 5.69 Å². The largest absolute Gasteiger partial charge is 0.373 e. The fourth-order valence-electron chi connectivity index (χ4n) is 1.45. The number of anilines is 1. The van der Waals surface area contributed by atoms with Crippen LogP contribution in [-0.4, -0.2) is 26.8 Å². The number of hydrogen-bond donors (Lipinski definition) is 1. The Morgan fingerprint density at radius 2 is 2.20 bits per heavy atom. The quantitative estimate of drug-likeness (QED) is 0.797. The molecule has 78 valence electrons. The van der Waals surface area contributed by atoms with E-state index >= 15 is 0 Å². The fourth-order valence-corrected chi connectivity index (χ4v) is 1.45. The predicted molar refractivity (Wildman–Crippen MR) is 58.5 cm³/mol. The zero-order chi connectivity index (χ0) is 10.8. The summed E-state index contributed by atoms with van der Waals surface area (Å²) in [5.74, 6) is 1.51. The van der Waals surface area contributed by atoms with Crippen LogP contribution < -0.4 is 5.32 Å². The molecule has 0 aliphatic carbocycles. The third kappa shape index (κ3) is 1.81. The molecular formula is C10H13N5. The monoisotopic (exact) mass is 203 g/mol. The van der Waals surface area contributed by atoms with Crippen LogP contribution in [0.3, 0.4) is 0 Å². The summed E-state index contributed by atoms with van der Waals surface area (Å²) < 4.78 is 1.76. The van der Waals surface area contributed by atoms with Crippen molar-refractivity contribution < 1.29 is 0 Å². The molecule has 5 nitrogen and oxygen atoms in total. The maximum atomic E-state index is 4.36. The summed E-state index contributed by atoms with van der Waals surface area (Å²) in [4.78, 5) is 8.59. The lowest BCUT2D eigenvalue weighted by Crippen LogP contribution is -1.95. The molecule has 0 amide bonds. The molecule has 2 rings (SSSR count). The van der Waals surface area contributed by atoms with Gasteiger partial charge < -0.3 is 5.32 Å². The van der Waals surface area contributed by atoms with Crippen LogP contribution >= 0.6 is 0 Å². The molecule has 2 heterocycles. The fraction of sp³-hybridized carbons (Fsp3) is 0.300. The van der Waals surface area contributed by atoms with Crippen molar-refractivity contribution in [3.8, 4) is 11.4 Å². The highest BCUT2D eigenvalue weighted by molar-refractivity contribution is 5.58. The van der Waals surface area contributed by atoms with E-state index in [0.29, 0.717) is 5.82 Å². The van der Waals surface area contributed by atoms with E-state index in [0.717, 1.165) is 17.1 Å². The first-order valence-corrected chi connectivity index (χ1v) is 4.72. The van der Waals surface area contributed by atoms with Gasteiger partial charge >= 0.3 is 0 Å². The van der Waals surface area contributed by atoms with Crippen molar-refractivity contribution in [3.63, 3.8) is 0 Å². The van der Waals surface area contributed by atoms with Crippen LogP contribution in [0.4, 0.5) is 5.82 Å². The molecule has 0 aliphatic rings. The van der Waals surface area contributed by atoms with Gasteiger partial charge in [-0.1, -0.05) is 0 Å². The molecule has 5 heteroatoms. The van der Waals surface area contributed by atoms with Crippen molar-refractivity contribution in [2.24, 2.45) is 7.05 Å². The number of nitrogens with zero attached hydrogens (tertiary/aromatic N) is 4. The molecule has 0 aliphatic heterocycles. The maximum Gasteiger partial charge on any atom is 0.164 e. The first-order valence-electron chi connectivity index (χ1n) is 4.72. The van der Waals surface area contributed by atoms with Gasteiger partial charge in [-0.15, -0.1) is 0 Å². The second kappa shape index (κ2) is 3.68. The van der Waals surface area contributed by atoms with E-state index in [-0.39, 0.29) is 0 Å². The maximum absolute atomic E-state index is 4.36. The number of hydrogen-bond acceptors (Lipinski definition) is 4. The Bertz CT molecular complexity index is 474. The number of aromatic nitrogens is 4. The van der Waals surface area contributed by atoms with Gasteiger partial charge in [0.2, 0.25) is 0 Å². The molecule has 0 saturated carbocycles. The van der Waals surface area contributed by atoms with Gasteiger partial charge in [-0.3, -0.25) is 4.68 Å². The summed E-state index contributed by atoms with van der Waals surface area (Å²) in [6.07, 6.45) is 3.66. The average Bonchev–Trinajstić information content (AvgIpc) is 2.58. The van der Waals surface area contributed by atoms with Gasteiger partial charge in [-0.2, -0.15) is 5.10 Å².